The molecule has 0 atom stereocenters. The van der Waals surface area contributed by atoms with Gasteiger partial charge in [-0.1, -0.05) is 6.08 Å². The van der Waals surface area contributed by atoms with E-state index in [1.807, 2.05) is 18.2 Å². The summed E-state index contributed by atoms with van der Waals surface area (Å²) in [5, 5.41) is 3.40. The Bertz CT molecular complexity index is 313. The number of nitrogens with one attached hydrogen (secondary N) is 1. The lowest BCUT2D eigenvalue weighted by Gasteiger charge is -2.32. The molecular weight excluding hydrogens is 200 g/mol. The quantitative estimate of drug-likeness (QED) is 0.748. The second-order valence-corrected chi connectivity index (χ2v) is 4.76. The number of nitrogens with zero attached hydrogens (tertiary/aromatic N) is 1. The Hall–Kier alpha value is -1.06. The topological polar surface area (TPSA) is 28.4 Å². The van der Waals surface area contributed by atoms with Gasteiger partial charge in [0.05, 0.1) is 6.26 Å². The number of hydrogen-bond acceptors (Lipinski definition) is 3. The fourth-order valence-electron chi connectivity index (χ4n) is 1.18. The first-order valence-electron chi connectivity index (χ1n) is 5.60. The summed E-state index contributed by atoms with van der Waals surface area (Å²) in [6, 6.07) is 3.84. The number of rotatable bonds is 6. The molecule has 1 aromatic rings. The van der Waals surface area contributed by atoms with Gasteiger partial charge < -0.3 is 14.6 Å². The van der Waals surface area contributed by atoms with Gasteiger partial charge in [-0.3, -0.25) is 0 Å². The number of likely N-dealkylation sites (N-methyl/N-ethyl adjacent to an activating group) is 1. The zero-order valence-electron chi connectivity index (χ0n) is 10.7. The van der Waals surface area contributed by atoms with E-state index in [0.29, 0.717) is 0 Å². The van der Waals surface area contributed by atoms with Crippen molar-refractivity contribution in [1.29, 1.82) is 0 Å². The van der Waals surface area contributed by atoms with Crippen molar-refractivity contribution in [3.05, 3.63) is 30.2 Å². The summed E-state index contributed by atoms with van der Waals surface area (Å²) in [6.45, 7) is 6.26. The van der Waals surface area contributed by atoms with Gasteiger partial charge in [0, 0.05) is 18.6 Å². The monoisotopic (exact) mass is 222 g/mol. The van der Waals surface area contributed by atoms with Crippen LogP contribution in [0.5, 0.6) is 0 Å². The van der Waals surface area contributed by atoms with Gasteiger partial charge in [0.15, 0.2) is 0 Å². The molecule has 0 aromatic carbocycles. The van der Waals surface area contributed by atoms with Crippen molar-refractivity contribution in [2.45, 2.75) is 19.4 Å². The molecule has 0 saturated carbocycles. The van der Waals surface area contributed by atoms with Crippen molar-refractivity contribution in [3.8, 4) is 0 Å². The molecule has 0 bridgehead atoms. The maximum Gasteiger partial charge on any atom is 0.126 e. The van der Waals surface area contributed by atoms with Crippen LogP contribution < -0.4 is 5.32 Å². The summed E-state index contributed by atoms with van der Waals surface area (Å²) in [5.74, 6) is 0.897. The lowest BCUT2D eigenvalue weighted by Crippen LogP contribution is -2.46. The third kappa shape index (κ3) is 4.21. The highest BCUT2D eigenvalue weighted by molar-refractivity contribution is 5.42. The van der Waals surface area contributed by atoms with Crippen molar-refractivity contribution < 1.29 is 4.42 Å². The largest absolute Gasteiger partial charge is 0.465 e. The van der Waals surface area contributed by atoms with Crippen LogP contribution in [0.25, 0.3) is 6.08 Å². The van der Waals surface area contributed by atoms with Crippen molar-refractivity contribution in [1.82, 2.24) is 10.2 Å². The van der Waals surface area contributed by atoms with Crippen LogP contribution in [0.4, 0.5) is 0 Å². The third-order valence-corrected chi connectivity index (χ3v) is 2.86. The zero-order chi connectivity index (χ0) is 12.0. The fourth-order valence-corrected chi connectivity index (χ4v) is 1.18. The minimum Gasteiger partial charge on any atom is -0.465 e. The van der Waals surface area contributed by atoms with Crippen molar-refractivity contribution in [3.63, 3.8) is 0 Å². The molecule has 16 heavy (non-hydrogen) atoms. The van der Waals surface area contributed by atoms with E-state index in [4.69, 9.17) is 4.42 Å². The Labute approximate surface area is 98.1 Å². The predicted molar refractivity (Wildman–Crippen MR) is 68.4 cm³/mol. The van der Waals surface area contributed by atoms with Gasteiger partial charge in [-0.2, -0.15) is 0 Å². The van der Waals surface area contributed by atoms with Crippen LogP contribution in [0.15, 0.2) is 28.9 Å². The first kappa shape index (κ1) is 13.0. The van der Waals surface area contributed by atoms with E-state index in [1.54, 1.807) is 6.26 Å². The molecule has 1 rings (SSSR count). The van der Waals surface area contributed by atoms with Crippen molar-refractivity contribution in [2.75, 3.05) is 27.2 Å². The molecule has 0 aliphatic heterocycles. The highest BCUT2D eigenvalue weighted by Gasteiger charge is 2.18. The molecule has 1 N–H and O–H groups in total. The van der Waals surface area contributed by atoms with Gasteiger partial charge in [-0.25, -0.2) is 0 Å². The van der Waals surface area contributed by atoms with Crippen LogP contribution in [0.1, 0.15) is 19.6 Å². The molecule has 90 valence electrons. The Morgan fingerprint density at radius 3 is 2.75 bits per heavy atom. The molecule has 0 spiro atoms. The maximum absolute atomic E-state index is 5.20. The summed E-state index contributed by atoms with van der Waals surface area (Å²) in [6.07, 6.45) is 5.74. The Morgan fingerprint density at radius 1 is 1.44 bits per heavy atom. The number of furan rings is 1. The van der Waals surface area contributed by atoms with Crippen LogP contribution in [-0.2, 0) is 0 Å². The van der Waals surface area contributed by atoms with E-state index in [1.165, 1.54) is 0 Å². The second kappa shape index (κ2) is 5.87. The van der Waals surface area contributed by atoms with E-state index in [2.05, 4.69) is 44.2 Å². The van der Waals surface area contributed by atoms with Gasteiger partial charge in [0.25, 0.3) is 0 Å². The van der Waals surface area contributed by atoms with Crippen LogP contribution in [0.2, 0.25) is 0 Å². The summed E-state index contributed by atoms with van der Waals surface area (Å²) >= 11 is 0. The average molecular weight is 222 g/mol. The van der Waals surface area contributed by atoms with E-state index >= 15 is 0 Å². The smallest absolute Gasteiger partial charge is 0.126 e. The molecule has 3 nitrogen and oxygen atoms in total. The molecule has 1 heterocycles. The van der Waals surface area contributed by atoms with Gasteiger partial charge in [0.1, 0.15) is 5.76 Å². The summed E-state index contributed by atoms with van der Waals surface area (Å²) < 4.78 is 5.20. The Kier molecular flexibility index (Phi) is 4.77. The molecule has 0 fully saturated rings. The highest BCUT2D eigenvalue weighted by atomic mass is 16.3. The van der Waals surface area contributed by atoms with E-state index < -0.39 is 0 Å². The average Bonchev–Trinajstić information content (AvgIpc) is 2.69. The fraction of sp³-hybridized carbons (Fsp3) is 0.538. The van der Waals surface area contributed by atoms with Gasteiger partial charge in [-0.15, -0.1) is 0 Å². The summed E-state index contributed by atoms with van der Waals surface area (Å²) in [4.78, 5) is 2.22. The standard InChI is InChI=1S/C13H22N2O/c1-13(2,15(3)4)11-14-9-5-7-12-8-6-10-16-12/h5-8,10,14H,9,11H2,1-4H3/b7-5+. The minimum atomic E-state index is 0.179. The minimum absolute atomic E-state index is 0.179. The maximum atomic E-state index is 5.20. The van der Waals surface area contributed by atoms with Gasteiger partial charge in [-0.05, 0) is 46.2 Å². The zero-order valence-corrected chi connectivity index (χ0v) is 10.7. The first-order chi connectivity index (χ1) is 7.52. The summed E-state index contributed by atoms with van der Waals surface area (Å²) in [5.41, 5.74) is 0.179. The molecule has 0 unspecified atom stereocenters. The molecule has 0 radical (unpaired) electrons. The van der Waals surface area contributed by atoms with Gasteiger partial charge >= 0.3 is 0 Å². The predicted octanol–water partition coefficient (Wildman–Crippen LogP) is 2.22. The molecule has 0 amide bonds. The lowest BCUT2D eigenvalue weighted by molar-refractivity contribution is 0.192. The molecule has 0 aliphatic rings. The van der Waals surface area contributed by atoms with Crippen LogP contribution in [-0.4, -0.2) is 37.6 Å². The SMILES string of the molecule is CN(C)C(C)(C)CNC/C=C/c1ccco1. The van der Waals surface area contributed by atoms with Crippen molar-refractivity contribution >= 4 is 6.08 Å². The number of hydrogen-bond donors (Lipinski definition) is 1. The van der Waals surface area contributed by atoms with Crippen LogP contribution >= 0.6 is 0 Å². The Morgan fingerprint density at radius 2 is 2.19 bits per heavy atom. The summed E-state index contributed by atoms with van der Waals surface area (Å²) in [7, 11) is 4.20. The third-order valence-electron chi connectivity index (χ3n) is 2.86. The normalized spacial score (nSPS) is 12.8. The molecular formula is C13H22N2O. The lowest BCUT2D eigenvalue weighted by atomic mass is 10.0. The van der Waals surface area contributed by atoms with E-state index in [0.717, 1.165) is 18.8 Å². The van der Waals surface area contributed by atoms with Crippen LogP contribution in [0, 0.1) is 0 Å². The molecule has 3 heteroatoms. The first-order valence-corrected chi connectivity index (χ1v) is 5.60. The second-order valence-electron chi connectivity index (χ2n) is 4.76. The van der Waals surface area contributed by atoms with Crippen LogP contribution in [0.3, 0.4) is 0 Å². The molecule has 1 aromatic heterocycles. The Balaban J connectivity index is 2.22. The highest BCUT2D eigenvalue weighted by Crippen LogP contribution is 2.07. The molecule has 0 saturated heterocycles. The van der Waals surface area contributed by atoms with Gasteiger partial charge in [0.2, 0.25) is 0 Å². The molecule has 0 aliphatic carbocycles. The van der Waals surface area contributed by atoms with Crippen molar-refractivity contribution in [2.24, 2.45) is 0 Å². The van der Waals surface area contributed by atoms with E-state index in [-0.39, 0.29) is 5.54 Å². The van der Waals surface area contributed by atoms with E-state index in [9.17, 15) is 0 Å².